The van der Waals surface area contributed by atoms with Gasteiger partial charge in [-0.25, -0.2) is 0 Å². The van der Waals surface area contributed by atoms with Crippen LogP contribution in [-0.4, -0.2) is 12.8 Å². The molecule has 0 aliphatic rings. The number of anilines is 1. The van der Waals surface area contributed by atoms with Gasteiger partial charge in [-0.15, -0.1) is 0 Å². The Balaban J connectivity index is 0. The number of para-hydroxylation sites is 1. The molecule has 0 bridgehead atoms. The molecule has 0 aliphatic carbocycles. The molecule has 0 heterocycles. The first-order chi connectivity index (χ1) is 6.66. The molecule has 80 valence electrons. The summed E-state index contributed by atoms with van der Waals surface area (Å²) in [4.78, 5) is 0. The lowest BCUT2D eigenvalue weighted by atomic mass is 10.3. The van der Waals surface area contributed by atoms with E-state index in [1.165, 1.54) is 0 Å². The van der Waals surface area contributed by atoms with Crippen molar-refractivity contribution in [1.29, 1.82) is 0 Å². The molecular formula is C11H21NOP+. The van der Waals surface area contributed by atoms with Gasteiger partial charge in [0.1, 0.15) is 12.8 Å². The molecule has 0 amide bonds. The van der Waals surface area contributed by atoms with Gasteiger partial charge in [0.15, 0.2) is 0 Å². The van der Waals surface area contributed by atoms with E-state index < -0.39 is 7.80 Å². The van der Waals surface area contributed by atoms with Crippen LogP contribution < -0.4 is 5.73 Å². The first-order valence-electron chi connectivity index (χ1n) is 4.85. The van der Waals surface area contributed by atoms with Crippen molar-refractivity contribution in [1.82, 2.24) is 0 Å². The van der Waals surface area contributed by atoms with E-state index in [0.717, 1.165) is 11.8 Å². The van der Waals surface area contributed by atoms with Gasteiger partial charge in [0.2, 0.25) is 0 Å². The molecule has 0 fully saturated rings. The summed E-state index contributed by atoms with van der Waals surface area (Å²) >= 11 is 0. The highest BCUT2D eigenvalue weighted by Gasteiger charge is 1.93. The Morgan fingerprint density at radius 1 is 1.21 bits per heavy atom. The van der Waals surface area contributed by atoms with Gasteiger partial charge < -0.3 is 5.73 Å². The van der Waals surface area contributed by atoms with Crippen molar-refractivity contribution in [3.8, 4) is 0 Å². The standard InChI is InChI=1S/C6H7N.C3H8OP.C2H6/c7-6-4-2-1-3-5-6;1-3-5(2)4;1-2/h1-5H,7H2;3H2,1-2H3;1-2H3/q;+1;. The van der Waals surface area contributed by atoms with Gasteiger partial charge in [-0.05, 0) is 19.1 Å². The topological polar surface area (TPSA) is 43.1 Å². The predicted molar refractivity (Wildman–Crippen MR) is 66.3 cm³/mol. The van der Waals surface area contributed by atoms with E-state index in [1.807, 2.05) is 51.1 Å². The lowest BCUT2D eigenvalue weighted by Crippen LogP contribution is -1.79. The zero-order chi connectivity index (χ0) is 11.4. The van der Waals surface area contributed by atoms with E-state index in [2.05, 4.69) is 0 Å². The molecule has 1 aromatic carbocycles. The zero-order valence-corrected chi connectivity index (χ0v) is 10.4. The Labute approximate surface area is 88.3 Å². The number of nitrogens with two attached hydrogens (primary N) is 1. The Bertz CT molecular complexity index is 224. The van der Waals surface area contributed by atoms with Crippen molar-refractivity contribution >= 4 is 13.5 Å². The molecule has 1 atom stereocenters. The second-order valence-electron chi connectivity index (χ2n) is 2.35. The molecule has 1 rings (SSSR count). The van der Waals surface area contributed by atoms with Crippen LogP contribution in [0.4, 0.5) is 5.69 Å². The summed E-state index contributed by atoms with van der Waals surface area (Å²) in [6.45, 7) is 7.65. The van der Waals surface area contributed by atoms with Gasteiger partial charge in [0, 0.05) is 5.69 Å². The molecule has 3 heteroatoms. The number of benzene rings is 1. The maximum absolute atomic E-state index is 9.96. The van der Waals surface area contributed by atoms with Crippen molar-refractivity contribution in [3.63, 3.8) is 0 Å². The van der Waals surface area contributed by atoms with Gasteiger partial charge in [-0.3, -0.25) is 0 Å². The highest BCUT2D eigenvalue weighted by atomic mass is 31.1. The molecule has 1 unspecified atom stereocenters. The minimum Gasteiger partial charge on any atom is -0.399 e. The van der Waals surface area contributed by atoms with Crippen molar-refractivity contribution in [2.24, 2.45) is 0 Å². The first-order valence-corrected chi connectivity index (χ1v) is 6.74. The van der Waals surface area contributed by atoms with Crippen LogP contribution in [0.15, 0.2) is 30.3 Å². The Morgan fingerprint density at radius 3 is 1.71 bits per heavy atom. The van der Waals surface area contributed by atoms with Crippen molar-refractivity contribution in [2.45, 2.75) is 20.8 Å². The van der Waals surface area contributed by atoms with Gasteiger partial charge in [0.25, 0.3) is 0 Å². The minimum atomic E-state index is -0.848. The van der Waals surface area contributed by atoms with Crippen LogP contribution in [-0.2, 0) is 4.57 Å². The number of rotatable bonds is 1. The summed E-state index contributed by atoms with van der Waals surface area (Å²) in [7, 11) is -0.848. The monoisotopic (exact) mass is 214 g/mol. The zero-order valence-electron chi connectivity index (χ0n) is 9.53. The van der Waals surface area contributed by atoms with E-state index in [0.29, 0.717) is 0 Å². The lowest BCUT2D eigenvalue weighted by Gasteiger charge is -1.83. The molecule has 0 radical (unpaired) electrons. The number of nitrogen functional groups attached to an aromatic ring is 1. The molecule has 2 nitrogen and oxygen atoms in total. The third-order valence-electron chi connectivity index (χ3n) is 1.24. The largest absolute Gasteiger partial charge is 0.399 e. The molecule has 0 saturated heterocycles. The van der Waals surface area contributed by atoms with E-state index >= 15 is 0 Å². The van der Waals surface area contributed by atoms with Crippen LogP contribution in [0.3, 0.4) is 0 Å². The summed E-state index contributed by atoms with van der Waals surface area (Å²) < 4.78 is 9.96. The maximum atomic E-state index is 9.96. The average Bonchev–Trinajstić information content (AvgIpc) is 2.23. The van der Waals surface area contributed by atoms with Crippen molar-refractivity contribution in [2.75, 3.05) is 18.6 Å². The van der Waals surface area contributed by atoms with Crippen LogP contribution in [0.5, 0.6) is 0 Å². The highest BCUT2D eigenvalue weighted by Crippen LogP contribution is 2.09. The van der Waals surface area contributed by atoms with Crippen LogP contribution in [0.2, 0.25) is 0 Å². The molecule has 0 aliphatic heterocycles. The number of hydrogen-bond acceptors (Lipinski definition) is 2. The minimum absolute atomic E-state index is 0.815. The molecule has 0 saturated carbocycles. The van der Waals surface area contributed by atoms with E-state index in [9.17, 15) is 4.57 Å². The SMILES string of the molecule is CC.CC[P+](C)=O.Nc1ccccc1. The Kier molecular flexibility index (Phi) is 13.5. The third kappa shape index (κ3) is 13.7. The van der Waals surface area contributed by atoms with Gasteiger partial charge in [-0.1, -0.05) is 36.6 Å². The normalized spacial score (nSPS) is 8.71. The number of hydrogen-bond donors (Lipinski definition) is 1. The van der Waals surface area contributed by atoms with Gasteiger partial charge in [0.05, 0.1) is 0 Å². The highest BCUT2D eigenvalue weighted by molar-refractivity contribution is 7.43. The molecule has 2 N–H and O–H groups in total. The van der Waals surface area contributed by atoms with E-state index in [1.54, 1.807) is 6.66 Å². The van der Waals surface area contributed by atoms with Crippen LogP contribution in [0, 0.1) is 0 Å². The van der Waals surface area contributed by atoms with Crippen LogP contribution in [0.1, 0.15) is 20.8 Å². The van der Waals surface area contributed by atoms with E-state index in [4.69, 9.17) is 5.73 Å². The summed E-state index contributed by atoms with van der Waals surface area (Å²) in [6, 6.07) is 9.49. The fourth-order valence-electron chi connectivity index (χ4n) is 0.453. The van der Waals surface area contributed by atoms with Crippen LogP contribution >= 0.6 is 7.80 Å². The first kappa shape index (κ1) is 15.6. The summed E-state index contributed by atoms with van der Waals surface area (Å²) in [5.41, 5.74) is 6.18. The summed E-state index contributed by atoms with van der Waals surface area (Å²) in [6.07, 6.45) is 0.815. The van der Waals surface area contributed by atoms with Crippen molar-refractivity contribution in [3.05, 3.63) is 30.3 Å². The average molecular weight is 214 g/mol. The van der Waals surface area contributed by atoms with Crippen molar-refractivity contribution < 1.29 is 4.57 Å². The Morgan fingerprint density at radius 2 is 1.57 bits per heavy atom. The molecule has 0 spiro atoms. The molecular weight excluding hydrogens is 193 g/mol. The second kappa shape index (κ2) is 12.1. The quantitative estimate of drug-likeness (QED) is 0.571. The van der Waals surface area contributed by atoms with E-state index in [-0.39, 0.29) is 0 Å². The summed E-state index contributed by atoms with van der Waals surface area (Å²) in [5.74, 6) is 0. The fraction of sp³-hybridized carbons (Fsp3) is 0.455. The lowest BCUT2D eigenvalue weighted by molar-refractivity contribution is 0.592. The van der Waals surface area contributed by atoms with Gasteiger partial charge in [-0.2, -0.15) is 0 Å². The molecule has 1 aromatic rings. The van der Waals surface area contributed by atoms with Gasteiger partial charge >= 0.3 is 7.80 Å². The van der Waals surface area contributed by atoms with Crippen LogP contribution in [0.25, 0.3) is 0 Å². The Hall–Kier alpha value is -0.880. The smallest absolute Gasteiger partial charge is 0.335 e. The molecule has 14 heavy (non-hydrogen) atoms. The third-order valence-corrected chi connectivity index (χ3v) is 2.14. The second-order valence-corrected chi connectivity index (χ2v) is 4.24. The predicted octanol–water partition coefficient (Wildman–Crippen LogP) is 3.76. The maximum Gasteiger partial charge on any atom is 0.335 e. The molecule has 0 aromatic heterocycles. The summed E-state index contributed by atoms with van der Waals surface area (Å²) in [5, 5.41) is 0. The fourth-order valence-corrected chi connectivity index (χ4v) is 0.453.